The van der Waals surface area contributed by atoms with Crippen LogP contribution >= 0.6 is 39.9 Å². The molecule has 1 saturated carbocycles. The van der Waals surface area contributed by atoms with E-state index < -0.39 is 0 Å². The van der Waals surface area contributed by atoms with Crippen molar-refractivity contribution in [2.24, 2.45) is 10.7 Å². The Morgan fingerprint density at radius 3 is 2.67 bits per heavy atom. The maximum atomic E-state index is 5.76. The fourth-order valence-corrected chi connectivity index (χ4v) is 2.73. The number of nitrogens with zero attached hydrogens (tertiary/aromatic N) is 1. The molecule has 3 nitrogen and oxygen atoms in total. The number of rotatable bonds is 4. The van der Waals surface area contributed by atoms with E-state index in [1.54, 1.807) is 0 Å². The van der Waals surface area contributed by atoms with E-state index in [0.29, 0.717) is 5.96 Å². The number of benzene rings is 1. The molecule has 1 aliphatic rings. The van der Waals surface area contributed by atoms with Crippen LogP contribution in [0.2, 0.25) is 0 Å². The summed E-state index contributed by atoms with van der Waals surface area (Å²) in [6.45, 7) is 3.61. The SMILES string of the molecule is CCNC(N)=NCC1(c2ccccc2Br)CC1.I. The molecule has 1 aromatic carbocycles. The molecule has 0 spiro atoms. The first-order valence-corrected chi connectivity index (χ1v) is 6.76. The minimum atomic E-state index is 0. The molecule has 1 aromatic rings. The van der Waals surface area contributed by atoms with Crippen molar-refractivity contribution in [1.29, 1.82) is 0 Å². The van der Waals surface area contributed by atoms with Crippen LogP contribution in [-0.4, -0.2) is 19.0 Å². The summed E-state index contributed by atoms with van der Waals surface area (Å²) in [5, 5.41) is 3.03. The second-order valence-corrected chi connectivity index (χ2v) is 5.35. The highest BCUT2D eigenvalue weighted by molar-refractivity contribution is 14.0. The Balaban J connectivity index is 0.00000162. The van der Waals surface area contributed by atoms with Gasteiger partial charge in [0.05, 0.1) is 6.54 Å². The first kappa shape index (κ1) is 15.8. The maximum Gasteiger partial charge on any atom is 0.188 e. The molecule has 0 bridgehead atoms. The molecule has 0 heterocycles. The summed E-state index contributed by atoms with van der Waals surface area (Å²) in [5.41, 5.74) is 7.33. The minimum absolute atomic E-state index is 0. The van der Waals surface area contributed by atoms with Gasteiger partial charge in [0.25, 0.3) is 0 Å². The van der Waals surface area contributed by atoms with Gasteiger partial charge in [-0.1, -0.05) is 34.1 Å². The Morgan fingerprint density at radius 1 is 1.44 bits per heavy atom. The summed E-state index contributed by atoms with van der Waals surface area (Å²) >= 11 is 3.61. The number of halogens is 2. The summed E-state index contributed by atoms with van der Waals surface area (Å²) in [4.78, 5) is 4.43. The van der Waals surface area contributed by atoms with Crippen LogP contribution in [-0.2, 0) is 5.41 Å². The first-order chi connectivity index (χ1) is 8.18. The number of nitrogens with two attached hydrogens (primary N) is 1. The van der Waals surface area contributed by atoms with Crippen LogP contribution in [0.1, 0.15) is 25.3 Å². The average Bonchev–Trinajstić information content (AvgIpc) is 3.09. The standard InChI is InChI=1S/C13H18BrN3.HI/c1-2-16-12(15)17-9-13(7-8-13)10-5-3-4-6-11(10)14;/h3-6H,2,7-9H2,1H3,(H3,15,16,17);1H. The van der Waals surface area contributed by atoms with Crippen molar-refractivity contribution < 1.29 is 0 Å². The lowest BCUT2D eigenvalue weighted by Crippen LogP contribution is -2.32. The molecule has 0 unspecified atom stereocenters. The normalized spacial score (nSPS) is 16.9. The van der Waals surface area contributed by atoms with Gasteiger partial charge < -0.3 is 11.1 Å². The molecule has 0 amide bonds. The zero-order valence-corrected chi connectivity index (χ0v) is 14.4. The predicted octanol–water partition coefficient (Wildman–Crippen LogP) is 3.02. The topological polar surface area (TPSA) is 50.4 Å². The van der Waals surface area contributed by atoms with Crippen LogP contribution in [0.3, 0.4) is 0 Å². The first-order valence-electron chi connectivity index (χ1n) is 5.97. The fourth-order valence-electron chi connectivity index (χ4n) is 2.03. The number of aliphatic imine (C=N–C) groups is 1. The Bertz CT molecular complexity index is 430. The van der Waals surface area contributed by atoms with Gasteiger partial charge in [-0.3, -0.25) is 4.99 Å². The largest absolute Gasteiger partial charge is 0.370 e. The number of hydrogen-bond acceptors (Lipinski definition) is 1. The Kier molecular flexibility index (Phi) is 5.91. The number of nitrogens with one attached hydrogen (secondary N) is 1. The Morgan fingerprint density at radius 2 is 2.11 bits per heavy atom. The second-order valence-electron chi connectivity index (χ2n) is 4.49. The molecule has 0 radical (unpaired) electrons. The van der Waals surface area contributed by atoms with Gasteiger partial charge in [0, 0.05) is 16.4 Å². The average molecular weight is 424 g/mol. The molecular weight excluding hydrogens is 405 g/mol. The molecule has 0 aliphatic heterocycles. The van der Waals surface area contributed by atoms with E-state index in [1.807, 2.05) is 13.0 Å². The third-order valence-corrected chi connectivity index (χ3v) is 3.90. The second kappa shape index (κ2) is 6.75. The summed E-state index contributed by atoms with van der Waals surface area (Å²) in [6, 6.07) is 8.39. The van der Waals surface area contributed by atoms with Crippen LogP contribution in [0.15, 0.2) is 33.7 Å². The lowest BCUT2D eigenvalue weighted by atomic mass is 9.96. The van der Waals surface area contributed by atoms with E-state index >= 15 is 0 Å². The summed E-state index contributed by atoms with van der Waals surface area (Å²) < 4.78 is 1.18. The van der Waals surface area contributed by atoms with Gasteiger partial charge in [0.2, 0.25) is 0 Å². The zero-order chi connectivity index (χ0) is 12.3. The third kappa shape index (κ3) is 3.60. The van der Waals surface area contributed by atoms with Crippen molar-refractivity contribution in [3.63, 3.8) is 0 Å². The van der Waals surface area contributed by atoms with E-state index in [1.165, 1.54) is 22.9 Å². The lowest BCUT2D eigenvalue weighted by molar-refractivity contribution is 0.697. The van der Waals surface area contributed by atoms with Gasteiger partial charge in [0.15, 0.2) is 5.96 Å². The summed E-state index contributed by atoms with van der Waals surface area (Å²) in [7, 11) is 0. The van der Waals surface area contributed by atoms with Crippen LogP contribution in [0.4, 0.5) is 0 Å². The molecule has 1 aliphatic carbocycles. The van der Waals surface area contributed by atoms with Crippen LogP contribution in [0.5, 0.6) is 0 Å². The smallest absolute Gasteiger partial charge is 0.188 e. The van der Waals surface area contributed by atoms with Gasteiger partial charge in [0.1, 0.15) is 0 Å². The lowest BCUT2D eigenvalue weighted by Gasteiger charge is -2.15. The van der Waals surface area contributed by atoms with Gasteiger partial charge in [-0.15, -0.1) is 24.0 Å². The van der Waals surface area contributed by atoms with Crippen LogP contribution in [0, 0.1) is 0 Å². The van der Waals surface area contributed by atoms with Crippen molar-refractivity contribution in [2.45, 2.75) is 25.2 Å². The maximum absolute atomic E-state index is 5.76. The zero-order valence-electron chi connectivity index (χ0n) is 10.4. The molecule has 0 saturated heterocycles. The molecule has 0 aromatic heterocycles. The Labute approximate surface area is 134 Å². The summed E-state index contributed by atoms with van der Waals surface area (Å²) in [6.07, 6.45) is 2.39. The molecule has 18 heavy (non-hydrogen) atoms. The van der Waals surface area contributed by atoms with E-state index in [0.717, 1.165) is 13.1 Å². The monoisotopic (exact) mass is 423 g/mol. The van der Waals surface area contributed by atoms with Crippen molar-refractivity contribution in [2.75, 3.05) is 13.1 Å². The molecule has 100 valence electrons. The van der Waals surface area contributed by atoms with E-state index in [4.69, 9.17) is 5.73 Å². The van der Waals surface area contributed by atoms with Gasteiger partial charge in [-0.2, -0.15) is 0 Å². The van der Waals surface area contributed by atoms with Crippen molar-refractivity contribution in [3.8, 4) is 0 Å². The van der Waals surface area contributed by atoms with E-state index in [9.17, 15) is 0 Å². The van der Waals surface area contributed by atoms with Crippen LogP contribution in [0.25, 0.3) is 0 Å². The van der Waals surface area contributed by atoms with Gasteiger partial charge >= 0.3 is 0 Å². The minimum Gasteiger partial charge on any atom is -0.370 e. The molecule has 0 atom stereocenters. The van der Waals surface area contributed by atoms with Crippen molar-refractivity contribution in [3.05, 3.63) is 34.3 Å². The molecule has 5 heteroatoms. The van der Waals surface area contributed by atoms with Crippen molar-refractivity contribution in [1.82, 2.24) is 5.32 Å². The van der Waals surface area contributed by atoms with E-state index in [2.05, 4.69) is 44.4 Å². The molecule has 1 fully saturated rings. The Hall–Kier alpha value is -0.300. The molecule has 2 rings (SSSR count). The quantitative estimate of drug-likeness (QED) is 0.444. The number of guanidine groups is 1. The highest BCUT2D eigenvalue weighted by Gasteiger charge is 2.45. The number of hydrogen-bond donors (Lipinski definition) is 2. The predicted molar refractivity (Wildman–Crippen MR) is 90.6 cm³/mol. The molecule has 3 N–H and O–H groups in total. The molecular formula is C13H19BrIN3. The fraction of sp³-hybridized carbons (Fsp3) is 0.462. The van der Waals surface area contributed by atoms with Gasteiger partial charge in [-0.05, 0) is 31.4 Å². The van der Waals surface area contributed by atoms with Crippen molar-refractivity contribution >= 4 is 45.9 Å². The van der Waals surface area contributed by atoms with Gasteiger partial charge in [-0.25, -0.2) is 0 Å². The van der Waals surface area contributed by atoms with Crippen LogP contribution < -0.4 is 11.1 Å². The summed E-state index contributed by atoms with van der Waals surface area (Å²) in [5.74, 6) is 0.547. The third-order valence-electron chi connectivity index (χ3n) is 3.21. The highest BCUT2D eigenvalue weighted by atomic mass is 127. The van der Waals surface area contributed by atoms with E-state index in [-0.39, 0.29) is 29.4 Å². The highest BCUT2D eigenvalue weighted by Crippen LogP contribution is 2.50.